The molecule has 0 bridgehead atoms. The number of rotatable bonds is 1. The fourth-order valence-corrected chi connectivity index (χ4v) is 2.42. The molecule has 98 valence electrons. The second-order valence-electron chi connectivity index (χ2n) is 4.81. The number of aliphatic hydroxyl groups is 1. The minimum absolute atomic E-state index is 0.136. The summed E-state index contributed by atoms with van der Waals surface area (Å²) in [5.74, 6) is -0.257. The molecule has 5 nitrogen and oxygen atoms in total. The number of hydrogen-bond acceptors (Lipinski definition) is 5. The third kappa shape index (κ3) is 2.25. The van der Waals surface area contributed by atoms with E-state index in [1.54, 1.807) is 18.2 Å². The maximum absolute atomic E-state index is 12.1. The summed E-state index contributed by atoms with van der Waals surface area (Å²) in [6, 6.07) is 5.10. The van der Waals surface area contributed by atoms with E-state index in [4.69, 9.17) is 5.73 Å². The van der Waals surface area contributed by atoms with Gasteiger partial charge in [-0.25, -0.2) is 0 Å². The van der Waals surface area contributed by atoms with Gasteiger partial charge in [0.25, 0.3) is 0 Å². The predicted octanol–water partition coefficient (Wildman–Crippen LogP) is 0.819. The molecule has 0 saturated carbocycles. The Morgan fingerprint density at radius 3 is 2.78 bits per heavy atom. The molecule has 1 unspecified atom stereocenters. The molecular weight excluding hydrogens is 232 g/mol. The third-order valence-electron chi connectivity index (χ3n) is 3.49. The molecule has 0 spiro atoms. The van der Waals surface area contributed by atoms with Crippen molar-refractivity contribution >= 4 is 11.5 Å². The topological polar surface area (TPSA) is 86.8 Å². The molecule has 0 aromatic heterocycles. The van der Waals surface area contributed by atoms with Crippen molar-refractivity contribution in [1.29, 1.82) is 0 Å². The van der Waals surface area contributed by atoms with Gasteiger partial charge in [-0.3, -0.25) is 4.79 Å². The maximum Gasteiger partial charge on any atom is 0.170 e. The van der Waals surface area contributed by atoms with Gasteiger partial charge in [-0.05, 0) is 30.2 Å². The molecule has 4 N–H and O–H groups in total. The summed E-state index contributed by atoms with van der Waals surface area (Å²) in [5.41, 5.74) is 6.13. The monoisotopic (exact) mass is 250 g/mol. The Labute approximate surface area is 106 Å². The van der Waals surface area contributed by atoms with Gasteiger partial charge in [0.05, 0.1) is 0 Å². The lowest BCUT2D eigenvalue weighted by atomic mass is 9.83. The Morgan fingerprint density at radius 2 is 2.11 bits per heavy atom. The van der Waals surface area contributed by atoms with Gasteiger partial charge in [0, 0.05) is 31.6 Å². The number of Topliss-reactive ketones (excluding diaryl/α,β-unsaturated/α-hetero) is 1. The van der Waals surface area contributed by atoms with Crippen LogP contribution in [0.4, 0.5) is 5.69 Å². The molecule has 0 aliphatic carbocycles. The van der Waals surface area contributed by atoms with Crippen LogP contribution in [0, 0.1) is 6.92 Å². The second kappa shape index (κ2) is 4.68. The van der Waals surface area contributed by atoms with Crippen molar-refractivity contribution in [2.45, 2.75) is 25.4 Å². The first-order valence-electron chi connectivity index (χ1n) is 5.99. The molecule has 0 amide bonds. The van der Waals surface area contributed by atoms with E-state index in [1.807, 2.05) is 6.92 Å². The van der Waals surface area contributed by atoms with Gasteiger partial charge in [0.2, 0.25) is 0 Å². The SMILES string of the molecule is Cc1cc(N)ccc1C1(O)CCN(O)CCC1=O. The Hall–Kier alpha value is -1.43. The minimum Gasteiger partial charge on any atom is -0.399 e. The minimum atomic E-state index is -1.52. The lowest BCUT2D eigenvalue weighted by molar-refractivity contribution is -0.138. The van der Waals surface area contributed by atoms with E-state index in [0.29, 0.717) is 11.3 Å². The summed E-state index contributed by atoms with van der Waals surface area (Å²) >= 11 is 0. The molecule has 0 radical (unpaired) electrons. The quantitative estimate of drug-likeness (QED) is 0.642. The summed E-state index contributed by atoms with van der Waals surface area (Å²) < 4.78 is 0. The highest BCUT2D eigenvalue weighted by Crippen LogP contribution is 2.32. The molecular formula is C13H18N2O3. The van der Waals surface area contributed by atoms with Crippen molar-refractivity contribution in [2.75, 3.05) is 18.8 Å². The van der Waals surface area contributed by atoms with Crippen LogP contribution in [0.25, 0.3) is 0 Å². The number of anilines is 1. The smallest absolute Gasteiger partial charge is 0.170 e. The van der Waals surface area contributed by atoms with Crippen LogP contribution in [0.2, 0.25) is 0 Å². The van der Waals surface area contributed by atoms with Crippen LogP contribution in [0.1, 0.15) is 24.0 Å². The molecule has 1 atom stereocenters. The predicted molar refractivity (Wildman–Crippen MR) is 67.1 cm³/mol. The van der Waals surface area contributed by atoms with Crippen LogP contribution in [0.5, 0.6) is 0 Å². The van der Waals surface area contributed by atoms with Gasteiger partial charge in [0.15, 0.2) is 5.78 Å². The van der Waals surface area contributed by atoms with Gasteiger partial charge in [-0.1, -0.05) is 6.07 Å². The van der Waals surface area contributed by atoms with Crippen LogP contribution in [0.15, 0.2) is 18.2 Å². The Kier molecular flexibility index (Phi) is 3.38. The van der Waals surface area contributed by atoms with Crippen molar-refractivity contribution < 1.29 is 15.1 Å². The Morgan fingerprint density at radius 1 is 1.39 bits per heavy atom. The maximum atomic E-state index is 12.1. The van der Waals surface area contributed by atoms with E-state index in [-0.39, 0.29) is 31.7 Å². The van der Waals surface area contributed by atoms with Crippen molar-refractivity contribution in [3.63, 3.8) is 0 Å². The zero-order chi connectivity index (χ0) is 13.3. The van der Waals surface area contributed by atoms with Gasteiger partial charge in [-0.2, -0.15) is 5.06 Å². The molecule has 1 aliphatic rings. The Balaban J connectivity index is 2.42. The summed E-state index contributed by atoms with van der Waals surface area (Å²) in [5, 5.41) is 21.2. The average molecular weight is 250 g/mol. The number of benzene rings is 1. The zero-order valence-electron chi connectivity index (χ0n) is 10.4. The number of hydrogen-bond donors (Lipinski definition) is 3. The molecule has 1 aliphatic heterocycles. The van der Waals surface area contributed by atoms with Crippen LogP contribution in [0.3, 0.4) is 0 Å². The van der Waals surface area contributed by atoms with E-state index in [9.17, 15) is 15.1 Å². The highest BCUT2D eigenvalue weighted by Gasteiger charge is 2.40. The van der Waals surface area contributed by atoms with E-state index < -0.39 is 5.60 Å². The molecule has 5 heteroatoms. The molecule has 1 fully saturated rings. The molecule has 1 aromatic rings. The van der Waals surface area contributed by atoms with Crippen molar-refractivity contribution in [1.82, 2.24) is 5.06 Å². The Bertz CT molecular complexity index is 475. The van der Waals surface area contributed by atoms with Crippen LogP contribution in [-0.4, -0.2) is 34.2 Å². The van der Waals surface area contributed by atoms with E-state index >= 15 is 0 Å². The van der Waals surface area contributed by atoms with Crippen molar-refractivity contribution in [3.8, 4) is 0 Å². The summed E-state index contributed by atoms with van der Waals surface area (Å²) in [4.78, 5) is 12.1. The lowest BCUT2D eigenvalue weighted by Gasteiger charge is -2.27. The van der Waals surface area contributed by atoms with Gasteiger partial charge in [0.1, 0.15) is 5.60 Å². The fourth-order valence-electron chi connectivity index (χ4n) is 2.42. The molecule has 2 rings (SSSR count). The van der Waals surface area contributed by atoms with Crippen molar-refractivity contribution in [3.05, 3.63) is 29.3 Å². The standard InChI is InChI=1S/C13H18N2O3/c1-9-8-10(14)2-3-11(9)13(17)5-7-15(18)6-4-12(13)16/h2-3,8,17-18H,4-7,14H2,1H3. The fraction of sp³-hybridized carbons (Fsp3) is 0.462. The van der Waals surface area contributed by atoms with E-state index in [1.165, 1.54) is 0 Å². The van der Waals surface area contributed by atoms with Crippen LogP contribution >= 0.6 is 0 Å². The number of aryl methyl sites for hydroxylation is 1. The van der Waals surface area contributed by atoms with Crippen LogP contribution in [-0.2, 0) is 10.4 Å². The first-order valence-corrected chi connectivity index (χ1v) is 5.99. The number of hydroxylamine groups is 2. The highest BCUT2D eigenvalue weighted by molar-refractivity contribution is 5.89. The first kappa shape index (κ1) is 13.0. The number of nitrogens with zero attached hydrogens (tertiary/aromatic N) is 1. The molecule has 1 saturated heterocycles. The number of nitrogen functional groups attached to an aromatic ring is 1. The summed E-state index contributed by atoms with van der Waals surface area (Å²) in [7, 11) is 0. The van der Waals surface area contributed by atoms with Crippen molar-refractivity contribution in [2.24, 2.45) is 0 Å². The summed E-state index contributed by atoms with van der Waals surface area (Å²) in [6.07, 6.45) is 0.323. The number of nitrogens with two attached hydrogens (primary N) is 1. The van der Waals surface area contributed by atoms with E-state index in [0.717, 1.165) is 10.6 Å². The lowest BCUT2D eigenvalue weighted by Crippen LogP contribution is -2.36. The number of carbonyl (C=O) groups is 1. The highest BCUT2D eigenvalue weighted by atomic mass is 16.5. The van der Waals surface area contributed by atoms with Gasteiger partial charge in [-0.15, -0.1) is 0 Å². The average Bonchev–Trinajstić information content (AvgIpc) is 2.43. The largest absolute Gasteiger partial charge is 0.399 e. The number of ketones is 1. The summed E-state index contributed by atoms with van der Waals surface area (Å²) in [6.45, 7) is 2.35. The van der Waals surface area contributed by atoms with E-state index in [2.05, 4.69) is 0 Å². The van der Waals surface area contributed by atoms with Gasteiger partial charge >= 0.3 is 0 Å². The first-order chi connectivity index (χ1) is 8.43. The molecule has 1 aromatic carbocycles. The number of carbonyl (C=O) groups excluding carboxylic acids is 1. The zero-order valence-corrected chi connectivity index (χ0v) is 10.4. The third-order valence-corrected chi connectivity index (χ3v) is 3.49. The molecule has 18 heavy (non-hydrogen) atoms. The second-order valence-corrected chi connectivity index (χ2v) is 4.81. The van der Waals surface area contributed by atoms with Gasteiger partial charge < -0.3 is 16.0 Å². The van der Waals surface area contributed by atoms with Crippen LogP contribution < -0.4 is 5.73 Å². The molecule has 1 heterocycles. The normalized spacial score (nSPS) is 26.1.